The molecule has 0 atom stereocenters. The van der Waals surface area contributed by atoms with Crippen LogP contribution in [-0.4, -0.2) is 18.7 Å². The van der Waals surface area contributed by atoms with Gasteiger partial charge in [0.15, 0.2) is 17.2 Å². The molecule has 0 bridgehead atoms. The summed E-state index contributed by atoms with van der Waals surface area (Å²) in [4.78, 5) is 16.4. The molecule has 7 heteroatoms. The van der Waals surface area contributed by atoms with Crippen LogP contribution in [0.3, 0.4) is 0 Å². The quantitative estimate of drug-likeness (QED) is 0.531. The van der Waals surface area contributed by atoms with Crippen LogP contribution in [0.5, 0.6) is 11.5 Å². The third kappa shape index (κ3) is 3.03. The van der Waals surface area contributed by atoms with Crippen molar-refractivity contribution >= 4 is 45.5 Å². The lowest BCUT2D eigenvalue weighted by Crippen LogP contribution is -2.05. The molecule has 4 rings (SSSR count). The number of nitrogens with zero attached hydrogens (tertiary/aromatic N) is 1. The fourth-order valence-electron chi connectivity index (χ4n) is 2.50. The molecule has 0 spiro atoms. The zero-order valence-corrected chi connectivity index (χ0v) is 15.3. The molecule has 2 aliphatic rings. The van der Waals surface area contributed by atoms with E-state index in [0.29, 0.717) is 22.1 Å². The van der Waals surface area contributed by atoms with E-state index in [1.807, 2.05) is 25.1 Å². The summed E-state index contributed by atoms with van der Waals surface area (Å²) in [5.41, 5.74) is 2.54. The highest BCUT2D eigenvalue weighted by molar-refractivity contribution is 9.10. The molecule has 2 aromatic carbocycles. The van der Waals surface area contributed by atoms with Crippen molar-refractivity contribution in [2.45, 2.75) is 6.92 Å². The third-order valence-electron chi connectivity index (χ3n) is 3.81. The zero-order chi connectivity index (χ0) is 17.6. The Morgan fingerprint density at radius 1 is 1.20 bits per heavy atom. The van der Waals surface area contributed by atoms with Crippen LogP contribution in [0.25, 0.3) is 6.08 Å². The van der Waals surface area contributed by atoms with Crippen molar-refractivity contribution in [2.24, 2.45) is 4.99 Å². The second kappa shape index (κ2) is 6.20. The summed E-state index contributed by atoms with van der Waals surface area (Å²) in [6.45, 7) is 2.10. The van der Waals surface area contributed by atoms with Crippen LogP contribution in [0.15, 0.2) is 45.5 Å². The maximum atomic E-state index is 12.1. The first kappa shape index (κ1) is 16.2. The first-order valence-corrected chi connectivity index (χ1v) is 8.56. The van der Waals surface area contributed by atoms with Gasteiger partial charge in [-0.3, -0.25) is 0 Å². The lowest BCUT2D eigenvalue weighted by Gasteiger charge is -2.02. The number of hydrogen-bond donors (Lipinski definition) is 0. The zero-order valence-electron chi connectivity index (χ0n) is 13.0. The van der Waals surface area contributed by atoms with Crippen LogP contribution in [-0.2, 0) is 9.53 Å². The number of ether oxygens (including phenoxy) is 3. The average molecular weight is 421 g/mol. The van der Waals surface area contributed by atoms with E-state index in [4.69, 9.17) is 25.8 Å². The summed E-state index contributed by atoms with van der Waals surface area (Å²) < 4.78 is 16.9. The van der Waals surface area contributed by atoms with E-state index < -0.39 is 5.97 Å². The topological polar surface area (TPSA) is 57.1 Å². The molecule has 0 amide bonds. The lowest BCUT2D eigenvalue weighted by atomic mass is 10.1. The SMILES string of the molecule is Cc1cc(C2=N/C(=C\c3cc4c(cc3Cl)OCO4)C(=O)O2)ccc1Br. The van der Waals surface area contributed by atoms with Crippen molar-refractivity contribution in [1.29, 1.82) is 0 Å². The molecule has 2 heterocycles. The van der Waals surface area contributed by atoms with Crippen LogP contribution < -0.4 is 9.47 Å². The van der Waals surface area contributed by atoms with Crippen LogP contribution in [0, 0.1) is 6.92 Å². The molecule has 0 saturated heterocycles. The highest BCUT2D eigenvalue weighted by atomic mass is 79.9. The largest absolute Gasteiger partial charge is 0.454 e. The predicted octanol–water partition coefficient (Wildman–Crippen LogP) is 4.48. The van der Waals surface area contributed by atoms with Gasteiger partial charge >= 0.3 is 5.97 Å². The summed E-state index contributed by atoms with van der Waals surface area (Å²) in [6, 6.07) is 8.98. The van der Waals surface area contributed by atoms with Gasteiger partial charge in [0.05, 0.1) is 5.02 Å². The van der Waals surface area contributed by atoms with E-state index in [2.05, 4.69) is 20.9 Å². The number of esters is 1. The van der Waals surface area contributed by atoms with Gasteiger partial charge in [0, 0.05) is 16.1 Å². The molecule has 2 aliphatic heterocycles. The number of halogens is 2. The van der Waals surface area contributed by atoms with Gasteiger partial charge in [-0.1, -0.05) is 27.5 Å². The van der Waals surface area contributed by atoms with E-state index >= 15 is 0 Å². The van der Waals surface area contributed by atoms with Crippen LogP contribution in [0.2, 0.25) is 5.02 Å². The monoisotopic (exact) mass is 419 g/mol. The minimum atomic E-state index is -0.524. The van der Waals surface area contributed by atoms with Gasteiger partial charge in [-0.15, -0.1) is 0 Å². The van der Waals surface area contributed by atoms with Crippen molar-refractivity contribution in [3.8, 4) is 11.5 Å². The van der Waals surface area contributed by atoms with Crippen molar-refractivity contribution in [3.05, 3.63) is 62.2 Å². The van der Waals surface area contributed by atoms with Gasteiger partial charge in [0.1, 0.15) is 0 Å². The molecule has 126 valence electrons. The molecule has 5 nitrogen and oxygen atoms in total. The standard InChI is InChI=1S/C18H11BrClNO4/c1-9-4-10(2-3-12(9)19)17-21-14(18(22)25-17)5-11-6-15-16(7-13(11)20)24-8-23-15/h2-7H,8H2,1H3/b14-5-. The highest BCUT2D eigenvalue weighted by Gasteiger charge is 2.25. The first-order valence-electron chi connectivity index (χ1n) is 7.39. The Morgan fingerprint density at radius 3 is 2.72 bits per heavy atom. The molecular formula is C18H11BrClNO4. The molecule has 0 aliphatic carbocycles. The van der Waals surface area contributed by atoms with Gasteiger partial charge in [0.2, 0.25) is 12.7 Å². The van der Waals surface area contributed by atoms with Crippen molar-refractivity contribution in [1.82, 2.24) is 0 Å². The van der Waals surface area contributed by atoms with Gasteiger partial charge in [-0.2, -0.15) is 0 Å². The number of carbonyl (C=O) groups is 1. The molecule has 0 aromatic heterocycles. The Kier molecular flexibility index (Phi) is 4.01. The summed E-state index contributed by atoms with van der Waals surface area (Å²) in [5.74, 6) is 0.902. The Morgan fingerprint density at radius 2 is 1.96 bits per heavy atom. The Labute approximate surface area is 157 Å². The minimum absolute atomic E-state index is 0.152. The van der Waals surface area contributed by atoms with Gasteiger partial charge in [-0.05, 0) is 48.4 Å². The summed E-state index contributed by atoms with van der Waals surface area (Å²) in [7, 11) is 0. The van der Waals surface area contributed by atoms with Crippen LogP contribution >= 0.6 is 27.5 Å². The maximum absolute atomic E-state index is 12.1. The van der Waals surface area contributed by atoms with E-state index in [0.717, 1.165) is 15.6 Å². The number of cyclic esters (lactones) is 1. The van der Waals surface area contributed by atoms with E-state index in [9.17, 15) is 4.79 Å². The normalized spacial score (nSPS) is 17.0. The van der Waals surface area contributed by atoms with Gasteiger partial charge < -0.3 is 14.2 Å². The lowest BCUT2D eigenvalue weighted by molar-refractivity contribution is -0.129. The number of aliphatic imine (C=N–C) groups is 1. The Hall–Kier alpha value is -2.31. The maximum Gasteiger partial charge on any atom is 0.363 e. The molecule has 0 fully saturated rings. The van der Waals surface area contributed by atoms with E-state index in [1.165, 1.54) is 0 Å². The molecule has 2 aromatic rings. The fraction of sp³-hybridized carbons (Fsp3) is 0.111. The van der Waals surface area contributed by atoms with E-state index in [-0.39, 0.29) is 18.4 Å². The van der Waals surface area contributed by atoms with Gasteiger partial charge in [-0.25, -0.2) is 9.79 Å². The number of rotatable bonds is 2. The average Bonchev–Trinajstić information content (AvgIpc) is 3.17. The first-order chi connectivity index (χ1) is 12.0. The number of aryl methyl sites for hydroxylation is 1. The second-order valence-corrected chi connectivity index (χ2v) is 6.79. The van der Waals surface area contributed by atoms with Crippen LogP contribution in [0.4, 0.5) is 0 Å². The minimum Gasteiger partial charge on any atom is -0.454 e. The molecule has 0 N–H and O–H groups in total. The van der Waals surface area contributed by atoms with Crippen LogP contribution in [0.1, 0.15) is 16.7 Å². The second-order valence-electron chi connectivity index (χ2n) is 5.53. The molecule has 0 saturated carbocycles. The van der Waals surface area contributed by atoms with Crippen molar-refractivity contribution in [3.63, 3.8) is 0 Å². The predicted molar refractivity (Wildman–Crippen MR) is 97.1 cm³/mol. The van der Waals surface area contributed by atoms with Crippen molar-refractivity contribution in [2.75, 3.05) is 6.79 Å². The number of fused-ring (bicyclic) bond motifs is 1. The Balaban J connectivity index is 1.71. The number of hydrogen-bond acceptors (Lipinski definition) is 5. The highest BCUT2D eigenvalue weighted by Crippen LogP contribution is 2.38. The molecule has 0 radical (unpaired) electrons. The molecule has 0 unspecified atom stereocenters. The Bertz CT molecular complexity index is 968. The van der Waals surface area contributed by atoms with Crippen molar-refractivity contribution < 1.29 is 19.0 Å². The number of benzene rings is 2. The van der Waals surface area contributed by atoms with E-state index in [1.54, 1.807) is 18.2 Å². The molecular weight excluding hydrogens is 410 g/mol. The fourth-order valence-corrected chi connectivity index (χ4v) is 2.96. The van der Waals surface area contributed by atoms with Gasteiger partial charge in [0.25, 0.3) is 0 Å². The number of carbonyl (C=O) groups excluding carboxylic acids is 1. The summed E-state index contributed by atoms with van der Waals surface area (Å²) in [5, 5.41) is 0.438. The summed E-state index contributed by atoms with van der Waals surface area (Å²) >= 11 is 9.68. The third-order valence-corrected chi connectivity index (χ3v) is 5.03. The molecule has 25 heavy (non-hydrogen) atoms. The smallest absolute Gasteiger partial charge is 0.363 e. The summed E-state index contributed by atoms with van der Waals surface area (Å²) in [6.07, 6.45) is 1.57.